The second-order valence-corrected chi connectivity index (χ2v) is 5.54. The van der Waals surface area contributed by atoms with Crippen molar-refractivity contribution in [3.8, 4) is 5.75 Å². The Morgan fingerprint density at radius 1 is 1.04 bits per heavy atom. The predicted octanol–water partition coefficient (Wildman–Crippen LogP) is 3.84. The highest BCUT2D eigenvalue weighted by Gasteiger charge is 2.11. The highest BCUT2D eigenvalue weighted by atomic mass is 19.1. The molecule has 0 unspecified atom stereocenters. The summed E-state index contributed by atoms with van der Waals surface area (Å²) in [5.74, 6) is 0.795. The molecule has 5 nitrogen and oxygen atoms in total. The molecule has 0 spiro atoms. The second kappa shape index (κ2) is 8.71. The molecular weight excluding hydrogens is 335 g/mol. The fourth-order valence-electron chi connectivity index (χ4n) is 2.40. The van der Waals surface area contributed by atoms with Gasteiger partial charge in [0.15, 0.2) is 0 Å². The minimum absolute atomic E-state index is 0.191. The molecule has 1 amide bonds. The molecule has 6 heteroatoms. The summed E-state index contributed by atoms with van der Waals surface area (Å²) in [5.41, 5.74) is 1.26. The summed E-state index contributed by atoms with van der Waals surface area (Å²) in [6.07, 6.45) is 1.57. The van der Waals surface area contributed by atoms with E-state index in [2.05, 4.69) is 10.6 Å². The number of rotatable bonds is 8. The van der Waals surface area contributed by atoms with Gasteiger partial charge in [-0.1, -0.05) is 12.1 Å². The molecular formula is C20H19FN2O3. The number of nitrogens with one attached hydrogen (secondary N) is 2. The van der Waals surface area contributed by atoms with Gasteiger partial charge in [0.2, 0.25) is 0 Å². The van der Waals surface area contributed by atoms with E-state index in [1.807, 2.05) is 18.2 Å². The molecule has 134 valence electrons. The Morgan fingerprint density at radius 3 is 2.62 bits per heavy atom. The lowest BCUT2D eigenvalue weighted by molar-refractivity contribution is 0.0949. The fourth-order valence-corrected chi connectivity index (χ4v) is 2.40. The Hall–Kier alpha value is -3.28. The predicted molar refractivity (Wildman–Crippen MR) is 96.7 cm³/mol. The Labute approximate surface area is 150 Å². The monoisotopic (exact) mass is 354 g/mol. The van der Waals surface area contributed by atoms with Crippen LogP contribution in [-0.4, -0.2) is 19.1 Å². The Balaban J connectivity index is 1.51. The van der Waals surface area contributed by atoms with Crippen LogP contribution in [-0.2, 0) is 6.54 Å². The van der Waals surface area contributed by atoms with E-state index >= 15 is 0 Å². The van der Waals surface area contributed by atoms with Crippen LogP contribution in [0.2, 0.25) is 0 Å². The molecule has 2 N–H and O–H groups in total. The van der Waals surface area contributed by atoms with Crippen molar-refractivity contribution in [2.75, 3.05) is 18.5 Å². The van der Waals surface area contributed by atoms with E-state index in [1.165, 1.54) is 12.1 Å². The smallest absolute Gasteiger partial charge is 0.253 e. The minimum Gasteiger partial charge on any atom is -0.492 e. The van der Waals surface area contributed by atoms with Crippen molar-refractivity contribution in [2.24, 2.45) is 0 Å². The first-order valence-electron chi connectivity index (χ1n) is 8.24. The van der Waals surface area contributed by atoms with Crippen LogP contribution in [0.3, 0.4) is 0 Å². The number of hydrogen-bond acceptors (Lipinski definition) is 4. The quantitative estimate of drug-likeness (QED) is 0.603. The third kappa shape index (κ3) is 4.86. The third-order valence-corrected chi connectivity index (χ3v) is 3.67. The van der Waals surface area contributed by atoms with Crippen molar-refractivity contribution >= 4 is 11.6 Å². The van der Waals surface area contributed by atoms with E-state index in [1.54, 1.807) is 36.6 Å². The van der Waals surface area contributed by atoms with Crippen molar-refractivity contribution in [2.45, 2.75) is 6.54 Å². The fraction of sp³-hybridized carbons (Fsp3) is 0.150. The maximum absolute atomic E-state index is 12.9. The first kappa shape index (κ1) is 17.5. The first-order valence-corrected chi connectivity index (χ1v) is 8.24. The number of amides is 1. The lowest BCUT2D eigenvalue weighted by Crippen LogP contribution is -2.24. The van der Waals surface area contributed by atoms with E-state index in [0.29, 0.717) is 42.5 Å². The molecule has 0 atom stereocenters. The van der Waals surface area contributed by atoms with Crippen LogP contribution in [0.15, 0.2) is 71.3 Å². The summed E-state index contributed by atoms with van der Waals surface area (Å²) in [5, 5.41) is 6.01. The van der Waals surface area contributed by atoms with E-state index < -0.39 is 0 Å². The number of furan rings is 1. The molecule has 3 rings (SSSR count). The van der Waals surface area contributed by atoms with Crippen LogP contribution in [0.25, 0.3) is 0 Å². The van der Waals surface area contributed by atoms with Crippen molar-refractivity contribution in [1.82, 2.24) is 5.32 Å². The summed E-state index contributed by atoms with van der Waals surface area (Å²) in [7, 11) is 0. The average molecular weight is 354 g/mol. The average Bonchev–Trinajstić information content (AvgIpc) is 3.19. The van der Waals surface area contributed by atoms with E-state index in [4.69, 9.17) is 9.15 Å². The largest absolute Gasteiger partial charge is 0.492 e. The number of carbonyl (C=O) groups is 1. The van der Waals surface area contributed by atoms with E-state index in [9.17, 15) is 9.18 Å². The maximum Gasteiger partial charge on any atom is 0.253 e. The van der Waals surface area contributed by atoms with Crippen molar-refractivity contribution in [3.63, 3.8) is 0 Å². The molecule has 0 aliphatic carbocycles. The van der Waals surface area contributed by atoms with E-state index in [0.717, 1.165) is 0 Å². The Morgan fingerprint density at radius 2 is 1.85 bits per heavy atom. The van der Waals surface area contributed by atoms with Crippen LogP contribution in [0.1, 0.15) is 16.1 Å². The molecule has 0 aliphatic rings. The van der Waals surface area contributed by atoms with Gasteiger partial charge in [-0.05, 0) is 48.5 Å². The van der Waals surface area contributed by atoms with Crippen LogP contribution in [0.5, 0.6) is 5.75 Å². The number of ether oxygens (including phenoxy) is 1. The van der Waals surface area contributed by atoms with E-state index in [-0.39, 0.29) is 11.7 Å². The molecule has 2 aromatic carbocycles. The Kier molecular flexibility index (Phi) is 5.88. The number of halogens is 1. The van der Waals surface area contributed by atoms with Crippen LogP contribution >= 0.6 is 0 Å². The van der Waals surface area contributed by atoms with Gasteiger partial charge in [-0.15, -0.1) is 0 Å². The standard InChI is InChI=1S/C20H19FN2O3/c21-15-7-9-16(10-8-15)26-13-11-22-19-6-2-1-5-18(19)20(24)23-14-17-4-3-12-25-17/h1-10,12,22H,11,13-14H2,(H,23,24). The lowest BCUT2D eigenvalue weighted by atomic mass is 10.1. The number of benzene rings is 2. The maximum atomic E-state index is 12.9. The number of para-hydroxylation sites is 1. The summed E-state index contributed by atoms with van der Waals surface area (Å²) in [6, 6.07) is 16.7. The number of hydrogen-bond donors (Lipinski definition) is 2. The number of carbonyl (C=O) groups excluding carboxylic acids is 1. The van der Waals surface area contributed by atoms with Gasteiger partial charge in [0.25, 0.3) is 5.91 Å². The van der Waals surface area contributed by atoms with Gasteiger partial charge in [-0.25, -0.2) is 4.39 Å². The highest BCUT2D eigenvalue weighted by molar-refractivity contribution is 5.99. The van der Waals surface area contributed by atoms with Gasteiger partial charge >= 0.3 is 0 Å². The zero-order valence-corrected chi connectivity index (χ0v) is 14.1. The van der Waals surface area contributed by atoms with Crippen molar-refractivity contribution in [3.05, 3.63) is 84.1 Å². The third-order valence-electron chi connectivity index (χ3n) is 3.67. The van der Waals surface area contributed by atoms with Gasteiger partial charge in [0.1, 0.15) is 23.9 Å². The lowest BCUT2D eigenvalue weighted by Gasteiger charge is -2.12. The normalized spacial score (nSPS) is 10.3. The number of anilines is 1. The minimum atomic E-state index is -0.301. The van der Waals surface area contributed by atoms with Gasteiger partial charge in [-0.3, -0.25) is 4.79 Å². The van der Waals surface area contributed by atoms with Gasteiger partial charge in [-0.2, -0.15) is 0 Å². The zero-order chi connectivity index (χ0) is 18.2. The molecule has 0 aliphatic heterocycles. The van der Waals surface area contributed by atoms with Crippen LogP contribution < -0.4 is 15.4 Å². The molecule has 3 aromatic rings. The van der Waals surface area contributed by atoms with Crippen molar-refractivity contribution in [1.29, 1.82) is 0 Å². The zero-order valence-electron chi connectivity index (χ0n) is 14.1. The Bertz CT molecular complexity index is 833. The summed E-state index contributed by atoms with van der Waals surface area (Å²) in [6.45, 7) is 1.21. The molecule has 0 radical (unpaired) electrons. The summed E-state index contributed by atoms with van der Waals surface area (Å²) < 4.78 is 23.6. The topological polar surface area (TPSA) is 63.5 Å². The summed E-state index contributed by atoms with van der Waals surface area (Å²) >= 11 is 0. The van der Waals surface area contributed by atoms with Gasteiger partial charge < -0.3 is 19.8 Å². The molecule has 1 aromatic heterocycles. The SMILES string of the molecule is O=C(NCc1ccco1)c1ccccc1NCCOc1ccc(F)cc1. The summed E-state index contributed by atoms with van der Waals surface area (Å²) in [4.78, 5) is 12.4. The van der Waals surface area contributed by atoms with Gasteiger partial charge in [0, 0.05) is 12.2 Å². The highest BCUT2D eigenvalue weighted by Crippen LogP contribution is 2.15. The molecule has 0 saturated carbocycles. The van der Waals surface area contributed by atoms with Crippen LogP contribution in [0.4, 0.5) is 10.1 Å². The molecule has 0 bridgehead atoms. The van der Waals surface area contributed by atoms with Crippen LogP contribution in [0, 0.1) is 5.82 Å². The van der Waals surface area contributed by atoms with Gasteiger partial charge in [0.05, 0.1) is 18.4 Å². The molecule has 26 heavy (non-hydrogen) atoms. The molecule has 0 saturated heterocycles. The molecule has 0 fully saturated rings. The van der Waals surface area contributed by atoms with Crippen molar-refractivity contribution < 1.29 is 18.3 Å². The second-order valence-electron chi connectivity index (χ2n) is 5.54. The first-order chi connectivity index (χ1) is 12.7. The molecule has 1 heterocycles.